The van der Waals surface area contributed by atoms with Crippen LogP contribution >= 0.6 is 11.3 Å². The predicted molar refractivity (Wildman–Crippen MR) is 61.0 cm³/mol. The second-order valence-corrected chi connectivity index (χ2v) is 4.57. The van der Waals surface area contributed by atoms with Crippen molar-refractivity contribution in [3.05, 3.63) is 22.4 Å². The zero-order valence-corrected chi connectivity index (χ0v) is 9.76. The van der Waals surface area contributed by atoms with Crippen LogP contribution in [0, 0.1) is 0 Å². The van der Waals surface area contributed by atoms with Gasteiger partial charge in [-0.1, -0.05) is 0 Å². The van der Waals surface area contributed by atoms with Crippen LogP contribution in [0.1, 0.15) is 24.9 Å². The Morgan fingerprint density at radius 3 is 3.27 bits per heavy atom. The SMILES string of the molecule is CC(NCC1CCOCO1)c1ccsc1. The highest BCUT2D eigenvalue weighted by Crippen LogP contribution is 2.16. The van der Waals surface area contributed by atoms with E-state index in [0.717, 1.165) is 19.6 Å². The topological polar surface area (TPSA) is 30.5 Å². The van der Waals surface area contributed by atoms with Gasteiger partial charge >= 0.3 is 0 Å². The average Bonchev–Trinajstić information content (AvgIpc) is 2.81. The van der Waals surface area contributed by atoms with Gasteiger partial charge in [-0.15, -0.1) is 0 Å². The van der Waals surface area contributed by atoms with Crippen LogP contribution < -0.4 is 5.32 Å². The van der Waals surface area contributed by atoms with E-state index in [1.807, 2.05) is 0 Å². The van der Waals surface area contributed by atoms with Gasteiger partial charge in [-0.3, -0.25) is 0 Å². The first-order valence-corrected chi connectivity index (χ1v) is 6.25. The van der Waals surface area contributed by atoms with E-state index in [1.165, 1.54) is 5.56 Å². The maximum Gasteiger partial charge on any atom is 0.147 e. The summed E-state index contributed by atoms with van der Waals surface area (Å²) in [6, 6.07) is 2.57. The van der Waals surface area contributed by atoms with Crippen LogP contribution in [0.5, 0.6) is 0 Å². The molecule has 0 aliphatic carbocycles. The molecule has 0 amide bonds. The van der Waals surface area contributed by atoms with Crippen LogP contribution in [0.3, 0.4) is 0 Å². The molecule has 1 aromatic heterocycles. The van der Waals surface area contributed by atoms with Gasteiger partial charge in [0.2, 0.25) is 0 Å². The molecule has 2 heterocycles. The fourth-order valence-electron chi connectivity index (χ4n) is 1.61. The molecule has 1 N–H and O–H groups in total. The number of nitrogens with one attached hydrogen (secondary N) is 1. The molecule has 1 aromatic rings. The van der Waals surface area contributed by atoms with Crippen LogP contribution in [0.2, 0.25) is 0 Å². The number of hydrogen-bond donors (Lipinski definition) is 1. The zero-order chi connectivity index (χ0) is 10.5. The number of hydrogen-bond acceptors (Lipinski definition) is 4. The summed E-state index contributed by atoms with van der Waals surface area (Å²) in [7, 11) is 0. The molecular formula is C11H17NO2S. The number of thiophene rings is 1. The molecule has 2 unspecified atom stereocenters. The van der Waals surface area contributed by atoms with Crippen LogP contribution in [0.4, 0.5) is 0 Å². The summed E-state index contributed by atoms with van der Waals surface area (Å²) in [5.41, 5.74) is 1.35. The third-order valence-electron chi connectivity index (χ3n) is 2.67. The van der Waals surface area contributed by atoms with Crippen LogP contribution in [-0.2, 0) is 9.47 Å². The highest BCUT2D eigenvalue weighted by molar-refractivity contribution is 7.07. The lowest BCUT2D eigenvalue weighted by Gasteiger charge is -2.24. The summed E-state index contributed by atoms with van der Waals surface area (Å²) in [5, 5.41) is 7.77. The largest absolute Gasteiger partial charge is 0.355 e. The molecule has 1 aliphatic heterocycles. The molecule has 2 rings (SSSR count). The Hall–Kier alpha value is -0.420. The Morgan fingerprint density at radius 1 is 1.67 bits per heavy atom. The van der Waals surface area contributed by atoms with Gasteiger partial charge < -0.3 is 14.8 Å². The van der Waals surface area contributed by atoms with Crippen LogP contribution in [-0.4, -0.2) is 26.0 Å². The van der Waals surface area contributed by atoms with E-state index in [4.69, 9.17) is 9.47 Å². The fraction of sp³-hybridized carbons (Fsp3) is 0.636. The van der Waals surface area contributed by atoms with E-state index in [9.17, 15) is 0 Å². The first-order valence-electron chi connectivity index (χ1n) is 5.31. The normalized spacial score (nSPS) is 23.9. The van der Waals surface area contributed by atoms with Crippen molar-refractivity contribution >= 4 is 11.3 Å². The highest BCUT2D eigenvalue weighted by atomic mass is 32.1. The minimum atomic E-state index is 0.305. The van der Waals surface area contributed by atoms with E-state index in [2.05, 4.69) is 29.1 Å². The first kappa shape index (κ1) is 11.1. The number of ether oxygens (including phenoxy) is 2. The summed E-state index contributed by atoms with van der Waals surface area (Å²) < 4.78 is 10.6. The summed E-state index contributed by atoms with van der Waals surface area (Å²) in [6.07, 6.45) is 1.29. The van der Waals surface area contributed by atoms with E-state index in [0.29, 0.717) is 18.9 Å². The molecule has 0 bridgehead atoms. The van der Waals surface area contributed by atoms with Crippen molar-refractivity contribution in [1.29, 1.82) is 0 Å². The third-order valence-corrected chi connectivity index (χ3v) is 3.37. The quantitative estimate of drug-likeness (QED) is 0.855. The minimum Gasteiger partial charge on any atom is -0.355 e. The van der Waals surface area contributed by atoms with Crippen molar-refractivity contribution in [3.8, 4) is 0 Å². The lowest BCUT2D eigenvalue weighted by molar-refractivity contribution is -0.137. The maximum atomic E-state index is 5.46. The molecule has 0 aromatic carbocycles. The zero-order valence-electron chi connectivity index (χ0n) is 8.94. The average molecular weight is 227 g/mol. The lowest BCUT2D eigenvalue weighted by atomic mass is 10.1. The monoisotopic (exact) mass is 227 g/mol. The summed E-state index contributed by atoms with van der Waals surface area (Å²) in [6.45, 7) is 4.35. The summed E-state index contributed by atoms with van der Waals surface area (Å²) in [5.74, 6) is 0. The smallest absolute Gasteiger partial charge is 0.147 e. The van der Waals surface area contributed by atoms with Gasteiger partial charge in [-0.25, -0.2) is 0 Å². The van der Waals surface area contributed by atoms with Crippen LogP contribution in [0.25, 0.3) is 0 Å². The van der Waals surface area contributed by atoms with Gasteiger partial charge in [0.15, 0.2) is 0 Å². The molecule has 3 nitrogen and oxygen atoms in total. The van der Waals surface area contributed by atoms with Gasteiger partial charge in [0.05, 0.1) is 12.7 Å². The number of rotatable bonds is 4. The molecule has 84 valence electrons. The van der Waals surface area contributed by atoms with Gasteiger partial charge in [0.1, 0.15) is 6.79 Å². The lowest BCUT2D eigenvalue weighted by Crippen LogP contribution is -2.35. The third kappa shape index (κ3) is 3.28. The van der Waals surface area contributed by atoms with E-state index >= 15 is 0 Å². The molecule has 1 saturated heterocycles. The molecule has 0 saturated carbocycles. The van der Waals surface area contributed by atoms with Gasteiger partial charge in [-0.2, -0.15) is 11.3 Å². The van der Waals surface area contributed by atoms with E-state index in [1.54, 1.807) is 11.3 Å². The molecule has 4 heteroatoms. The maximum absolute atomic E-state index is 5.46. The Labute approximate surface area is 94.4 Å². The Morgan fingerprint density at radius 2 is 2.60 bits per heavy atom. The standard InChI is InChI=1S/C11H17NO2S/c1-9(10-3-5-15-7-10)12-6-11-2-4-13-8-14-11/h3,5,7,9,11-12H,2,4,6,8H2,1H3. The van der Waals surface area contributed by atoms with E-state index in [-0.39, 0.29) is 0 Å². The molecule has 1 fully saturated rings. The second kappa shape index (κ2) is 5.61. The molecule has 1 aliphatic rings. The summed E-state index contributed by atoms with van der Waals surface area (Å²) >= 11 is 1.74. The highest BCUT2D eigenvalue weighted by Gasteiger charge is 2.15. The molecule has 15 heavy (non-hydrogen) atoms. The van der Waals surface area contributed by atoms with Gasteiger partial charge in [-0.05, 0) is 35.7 Å². The van der Waals surface area contributed by atoms with Crippen LogP contribution in [0.15, 0.2) is 16.8 Å². The summed E-state index contributed by atoms with van der Waals surface area (Å²) in [4.78, 5) is 0. The van der Waals surface area contributed by atoms with Crippen molar-refractivity contribution in [2.75, 3.05) is 19.9 Å². The van der Waals surface area contributed by atoms with E-state index < -0.39 is 0 Å². The second-order valence-electron chi connectivity index (χ2n) is 3.79. The van der Waals surface area contributed by atoms with Gasteiger partial charge in [0, 0.05) is 12.6 Å². The Kier molecular flexibility index (Phi) is 4.14. The fourth-order valence-corrected chi connectivity index (χ4v) is 2.36. The first-order chi connectivity index (χ1) is 7.36. The molecule has 2 atom stereocenters. The van der Waals surface area contributed by atoms with Crippen molar-refractivity contribution in [3.63, 3.8) is 0 Å². The Balaban J connectivity index is 1.73. The Bertz CT molecular complexity index is 270. The van der Waals surface area contributed by atoms with Crippen molar-refractivity contribution in [2.45, 2.75) is 25.5 Å². The minimum absolute atomic E-state index is 0.305. The molecule has 0 spiro atoms. The van der Waals surface area contributed by atoms with Crippen molar-refractivity contribution in [1.82, 2.24) is 5.32 Å². The predicted octanol–water partition coefficient (Wildman–Crippen LogP) is 2.16. The molecule has 0 radical (unpaired) electrons. The molecular weight excluding hydrogens is 210 g/mol. The van der Waals surface area contributed by atoms with Crippen molar-refractivity contribution in [2.24, 2.45) is 0 Å². The van der Waals surface area contributed by atoms with Crippen molar-refractivity contribution < 1.29 is 9.47 Å². The van der Waals surface area contributed by atoms with Gasteiger partial charge in [0.25, 0.3) is 0 Å².